The second-order valence-corrected chi connectivity index (χ2v) is 5.26. The summed E-state index contributed by atoms with van der Waals surface area (Å²) < 4.78 is 7.52. The van der Waals surface area contributed by atoms with Gasteiger partial charge in [-0.1, -0.05) is 30.7 Å². The van der Waals surface area contributed by atoms with Gasteiger partial charge < -0.3 is 10.1 Å². The molecule has 21 heavy (non-hydrogen) atoms. The number of rotatable bonds is 6. The average Bonchev–Trinajstić information content (AvgIpc) is 2.88. The van der Waals surface area contributed by atoms with Crippen LogP contribution in [0.1, 0.15) is 42.3 Å². The predicted octanol–water partition coefficient (Wildman–Crippen LogP) is 3.23. The lowest BCUT2D eigenvalue weighted by molar-refractivity contribution is 0.399. The normalized spacial score (nSPS) is 12.4. The van der Waals surface area contributed by atoms with Crippen LogP contribution in [-0.4, -0.2) is 23.4 Å². The summed E-state index contributed by atoms with van der Waals surface area (Å²) in [6.45, 7) is 10.2. The van der Waals surface area contributed by atoms with E-state index >= 15 is 0 Å². The van der Waals surface area contributed by atoms with Crippen molar-refractivity contribution in [3.8, 4) is 5.75 Å². The zero-order valence-electron chi connectivity index (χ0n) is 13.6. The van der Waals surface area contributed by atoms with Gasteiger partial charge in [0, 0.05) is 6.54 Å². The molecule has 114 valence electrons. The van der Waals surface area contributed by atoms with Gasteiger partial charge in [-0.2, -0.15) is 5.10 Å². The van der Waals surface area contributed by atoms with Crippen molar-refractivity contribution >= 4 is 0 Å². The molecule has 2 aromatic rings. The fourth-order valence-electron chi connectivity index (χ4n) is 2.79. The van der Waals surface area contributed by atoms with Crippen molar-refractivity contribution in [2.75, 3.05) is 13.7 Å². The number of benzene rings is 1. The standard InChI is InChI=1S/C17H25N3O/c1-6-18-16(14-9-8-12(3)10-13(14)4)17-15(21-5)11-19-20(17)7-2/h8-11,16,18H,6-7H2,1-5H3. The summed E-state index contributed by atoms with van der Waals surface area (Å²) in [5.74, 6) is 0.836. The maximum Gasteiger partial charge on any atom is 0.161 e. The fourth-order valence-corrected chi connectivity index (χ4v) is 2.79. The average molecular weight is 287 g/mol. The highest BCUT2D eigenvalue weighted by Gasteiger charge is 2.23. The molecular weight excluding hydrogens is 262 g/mol. The first-order valence-corrected chi connectivity index (χ1v) is 7.52. The quantitative estimate of drug-likeness (QED) is 0.886. The van der Waals surface area contributed by atoms with E-state index in [1.54, 1.807) is 13.3 Å². The molecule has 2 rings (SSSR count). The van der Waals surface area contributed by atoms with Crippen molar-refractivity contribution in [2.24, 2.45) is 0 Å². The number of hydrogen-bond donors (Lipinski definition) is 1. The Kier molecular flexibility index (Phi) is 5.02. The minimum Gasteiger partial charge on any atom is -0.493 e. The minimum atomic E-state index is 0.0907. The molecule has 1 heterocycles. The molecule has 0 radical (unpaired) electrons. The maximum atomic E-state index is 5.52. The van der Waals surface area contributed by atoms with E-state index in [0.717, 1.165) is 24.5 Å². The number of ether oxygens (including phenoxy) is 1. The van der Waals surface area contributed by atoms with Gasteiger partial charge in [0.25, 0.3) is 0 Å². The molecule has 0 aliphatic rings. The molecule has 4 nitrogen and oxygen atoms in total. The summed E-state index contributed by atoms with van der Waals surface area (Å²) in [5, 5.41) is 8.00. The van der Waals surface area contributed by atoms with Crippen LogP contribution in [0.2, 0.25) is 0 Å². The predicted molar refractivity (Wildman–Crippen MR) is 85.9 cm³/mol. The van der Waals surface area contributed by atoms with Crippen LogP contribution < -0.4 is 10.1 Å². The Balaban J connectivity index is 2.55. The van der Waals surface area contributed by atoms with Crippen LogP contribution in [-0.2, 0) is 6.54 Å². The molecule has 4 heteroatoms. The second kappa shape index (κ2) is 6.76. The molecule has 0 aliphatic heterocycles. The maximum absolute atomic E-state index is 5.52. The van der Waals surface area contributed by atoms with Crippen molar-refractivity contribution in [1.82, 2.24) is 15.1 Å². The Bertz CT molecular complexity index is 583. The largest absolute Gasteiger partial charge is 0.493 e. The molecule has 1 atom stereocenters. The van der Waals surface area contributed by atoms with E-state index in [-0.39, 0.29) is 6.04 Å². The van der Waals surface area contributed by atoms with E-state index < -0.39 is 0 Å². The second-order valence-electron chi connectivity index (χ2n) is 5.26. The van der Waals surface area contributed by atoms with Gasteiger partial charge in [0.05, 0.1) is 19.3 Å². The number of methoxy groups -OCH3 is 1. The fraction of sp³-hybridized carbons (Fsp3) is 0.471. The lowest BCUT2D eigenvalue weighted by Crippen LogP contribution is -2.26. The summed E-state index contributed by atoms with van der Waals surface area (Å²) in [6.07, 6.45) is 1.80. The Hall–Kier alpha value is -1.81. The van der Waals surface area contributed by atoms with Crippen molar-refractivity contribution in [1.29, 1.82) is 0 Å². The van der Waals surface area contributed by atoms with Crippen LogP contribution in [0.25, 0.3) is 0 Å². The monoisotopic (exact) mass is 287 g/mol. The van der Waals surface area contributed by atoms with Crippen LogP contribution in [0.15, 0.2) is 24.4 Å². The molecule has 0 spiro atoms. The Labute approximate surface area is 127 Å². The third-order valence-corrected chi connectivity index (χ3v) is 3.78. The zero-order valence-corrected chi connectivity index (χ0v) is 13.6. The van der Waals surface area contributed by atoms with Crippen LogP contribution in [0.3, 0.4) is 0 Å². The number of aromatic nitrogens is 2. The summed E-state index contributed by atoms with van der Waals surface area (Å²) in [7, 11) is 1.70. The van der Waals surface area contributed by atoms with Crippen LogP contribution >= 0.6 is 0 Å². The molecule has 1 unspecified atom stereocenters. The first-order chi connectivity index (χ1) is 10.1. The van der Waals surface area contributed by atoms with Gasteiger partial charge in [0.2, 0.25) is 0 Å². The van der Waals surface area contributed by atoms with E-state index in [1.807, 2.05) is 4.68 Å². The smallest absolute Gasteiger partial charge is 0.161 e. The highest BCUT2D eigenvalue weighted by Crippen LogP contribution is 2.32. The number of nitrogens with zero attached hydrogens (tertiary/aromatic N) is 2. The lowest BCUT2D eigenvalue weighted by atomic mass is 9.96. The van der Waals surface area contributed by atoms with Gasteiger partial charge in [0.15, 0.2) is 5.75 Å². The van der Waals surface area contributed by atoms with Crippen molar-refractivity contribution in [2.45, 2.75) is 40.3 Å². The molecule has 0 saturated heterocycles. The molecule has 0 amide bonds. The van der Waals surface area contributed by atoms with Crippen LogP contribution in [0, 0.1) is 13.8 Å². The summed E-state index contributed by atoms with van der Waals surface area (Å²) in [5.41, 5.74) is 4.93. The first-order valence-electron chi connectivity index (χ1n) is 7.52. The number of aryl methyl sites for hydroxylation is 3. The summed E-state index contributed by atoms with van der Waals surface area (Å²) >= 11 is 0. The van der Waals surface area contributed by atoms with E-state index in [2.05, 4.69) is 56.3 Å². The number of nitrogens with one attached hydrogen (secondary N) is 1. The molecule has 1 aromatic carbocycles. The first kappa shape index (κ1) is 15.6. The van der Waals surface area contributed by atoms with Gasteiger partial charge in [-0.05, 0) is 38.4 Å². The molecule has 0 fully saturated rings. The van der Waals surface area contributed by atoms with Crippen LogP contribution in [0.4, 0.5) is 0 Å². The molecule has 1 N–H and O–H groups in total. The zero-order chi connectivity index (χ0) is 15.4. The Morgan fingerprint density at radius 1 is 1.29 bits per heavy atom. The Morgan fingerprint density at radius 3 is 2.62 bits per heavy atom. The van der Waals surface area contributed by atoms with Gasteiger partial charge in [-0.3, -0.25) is 4.68 Å². The molecular formula is C17H25N3O. The minimum absolute atomic E-state index is 0.0907. The Morgan fingerprint density at radius 2 is 2.05 bits per heavy atom. The van der Waals surface area contributed by atoms with Crippen LogP contribution in [0.5, 0.6) is 5.75 Å². The highest BCUT2D eigenvalue weighted by molar-refractivity contribution is 5.41. The molecule has 1 aromatic heterocycles. The van der Waals surface area contributed by atoms with E-state index in [1.165, 1.54) is 16.7 Å². The van der Waals surface area contributed by atoms with Gasteiger partial charge in [0.1, 0.15) is 5.69 Å². The van der Waals surface area contributed by atoms with Crippen molar-refractivity contribution in [3.63, 3.8) is 0 Å². The van der Waals surface area contributed by atoms with Gasteiger partial charge >= 0.3 is 0 Å². The summed E-state index contributed by atoms with van der Waals surface area (Å²) in [4.78, 5) is 0. The summed E-state index contributed by atoms with van der Waals surface area (Å²) in [6, 6.07) is 6.67. The van der Waals surface area contributed by atoms with Gasteiger partial charge in [-0.15, -0.1) is 0 Å². The number of hydrogen-bond acceptors (Lipinski definition) is 3. The molecule has 0 bridgehead atoms. The molecule has 0 aliphatic carbocycles. The SMILES string of the molecule is CCNC(c1ccc(C)cc1C)c1c(OC)cnn1CC. The van der Waals surface area contributed by atoms with Crippen molar-refractivity contribution in [3.05, 3.63) is 46.8 Å². The van der Waals surface area contributed by atoms with E-state index in [4.69, 9.17) is 4.74 Å². The lowest BCUT2D eigenvalue weighted by Gasteiger charge is -2.22. The molecule has 0 saturated carbocycles. The topological polar surface area (TPSA) is 39.1 Å². The third-order valence-electron chi connectivity index (χ3n) is 3.78. The van der Waals surface area contributed by atoms with E-state index in [9.17, 15) is 0 Å². The van der Waals surface area contributed by atoms with Crippen molar-refractivity contribution < 1.29 is 4.74 Å². The van der Waals surface area contributed by atoms with E-state index in [0.29, 0.717) is 0 Å². The third kappa shape index (κ3) is 3.10. The van der Waals surface area contributed by atoms with Gasteiger partial charge in [-0.25, -0.2) is 0 Å². The highest BCUT2D eigenvalue weighted by atomic mass is 16.5.